The highest BCUT2D eigenvalue weighted by atomic mass is 16.1. The second-order valence-corrected chi connectivity index (χ2v) is 6.41. The Labute approximate surface area is 155 Å². The van der Waals surface area contributed by atoms with Crippen molar-refractivity contribution in [1.29, 1.82) is 0 Å². The Morgan fingerprint density at radius 1 is 0.846 bits per heavy atom. The summed E-state index contributed by atoms with van der Waals surface area (Å²) in [4.78, 5) is 14.6. The molecular formula is C23H24N2O. The first-order valence-electron chi connectivity index (χ1n) is 8.91. The zero-order valence-corrected chi connectivity index (χ0v) is 15.1. The van der Waals surface area contributed by atoms with E-state index in [2.05, 4.69) is 34.5 Å². The lowest BCUT2D eigenvalue weighted by atomic mass is 10.2. The molecule has 0 unspecified atom stereocenters. The van der Waals surface area contributed by atoms with Gasteiger partial charge in [-0.3, -0.25) is 4.79 Å². The van der Waals surface area contributed by atoms with Crippen LogP contribution in [0.4, 0.5) is 11.4 Å². The van der Waals surface area contributed by atoms with Crippen molar-refractivity contribution in [3.05, 3.63) is 96.1 Å². The third kappa shape index (κ3) is 5.21. The van der Waals surface area contributed by atoms with Gasteiger partial charge in [0, 0.05) is 30.9 Å². The number of hydrogen-bond acceptors (Lipinski definition) is 2. The van der Waals surface area contributed by atoms with E-state index in [0.29, 0.717) is 13.0 Å². The number of rotatable bonds is 7. The van der Waals surface area contributed by atoms with E-state index in [4.69, 9.17) is 0 Å². The van der Waals surface area contributed by atoms with Gasteiger partial charge in [0.25, 0.3) is 0 Å². The van der Waals surface area contributed by atoms with Gasteiger partial charge < -0.3 is 10.2 Å². The number of hydrogen-bond donors (Lipinski definition) is 1. The molecule has 0 aliphatic carbocycles. The van der Waals surface area contributed by atoms with E-state index in [9.17, 15) is 4.79 Å². The van der Waals surface area contributed by atoms with Gasteiger partial charge in [-0.05, 0) is 36.8 Å². The van der Waals surface area contributed by atoms with Crippen LogP contribution in [0.5, 0.6) is 0 Å². The summed E-state index contributed by atoms with van der Waals surface area (Å²) in [7, 11) is 0. The number of aryl methyl sites for hydroxylation is 1. The summed E-state index contributed by atoms with van der Waals surface area (Å²) < 4.78 is 0. The van der Waals surface area contributed by atoms with Crippen molar-refractivity contribution in [2.75, 3.05) is 16.8 Å². The Kier molecular flexibility index (Phi) is 6.05. The SMILES string of the molecule is Cc1ccc(NC(=O)CCN(Cc2ccccc2)c2ccccc2)cc1. The van der Waals surface area contributed by atoms with Crippen molar-refractivity contribution < 1.29 is 4.79 Å². The molecule has 0 aromatic heterocycles. The maximum Gasteiger partial charge on any atom is 0.226 e. The molecule has 0 saturated heterocycles. The zero-order chi connectivity index (χ0) is 18.2. The third-order valence-electron chi connectivity index (χ3n) is 4.28. The molecular weight excluding hydrogens is 320 g/mol. The van der Waals surface area contributed by atoms with Crippen LogP contribution < -0.4 is 10.2 Å². The Bertz CT molecular complexity index is 814. The van der Waals surface area contributed by atoms with Crippen LogP contribution in [-0.4, -0.2) is 12.5 Å². The molecule has 0 spiro atoms. The lowest BCUT2D eigenvalue weighted by molar-refractivity contribution is -0.116. The largest absolute Gasteiger partial charge is 0.367 e. The van der Waals surface area contributed by atoms with Gasteiger partial charge in [0.2, 0.25) is 5.91 Å². The predicted molar refractivity (Wildman–Crippen MR) is 108 cm³/mol. The van der Waals surface area contributed by atoms with Crippen LogP contribution in [0.2, 0.25) is 0 Å². The number of nitrogens with zero attached hydrogens (tertiary/aromatic N) is 1. The number of anilines is 2. The Balaban J connectivity index is 1.63. The van der Waals surface area contributed by atoms with E-state index in [0.717, 1.165) is 17.9 Å². The van der Waals surface area contributed by atoms with Crippen LogP contribution in [-0.2, 0) is 11.3 Å². The summed E-state index contributed by atoms with van der Waals surface area (Å²) in [5.74, 6) is 0.0304. The molecule has 0 radical (unpaired) electrons. The van der Waals surface area contributed by atoms with Crippen molar-refractivity contribution in [2.24, 2.45) is 0 Å². The molecule has 0 aliphatic heterocycles. The van der Waals surface area contributed by atoms with Gasteiger partial charge in [0.15, 0.2) is 0 Å². The van der Waals surface area contributed by atoms with Crippen LogP contribution in [0, 0.1) is 6.92 Å². The number of amides is 1. The third-order valence-corrected chi connectivity index (χ3v) is 4.28. The first-order valence-corrected chi connectivity index (χ1v) is 8.91. The molecule has 0 atom stereocenters. The highest BCUT2D eigenvalue weighted by Crippen LogP contribution is 2.17. The molecule has 3 nitrogen and oxygen atoms in total. The number of carbonyl (C=O) groups excluding carboxylic acids is 1. The minimum Gasteiger partial charge on any atom is -0.367 e. The van der Waals surface area contributed by atoms with Crippen LogP contribution in [0.1, 0.15) is 17.5 Å². The summed E-state index contributed by atoms with van der Waals surface area (Å²) in [6.07, 6.45) is 0.440. The van der Waals surface area contributed by atoms with Crippen LogP contribution in [0.15, 0.2) is 84.9 Å². The molecule has 3 heteroatoms. The molecule has 132 valence electrons. The fourth-order valence-electron chi connectivity index (χ4n) is 2.84. The molecule has 0 heterocycles. The normalized spacial score (nSPS) is 10.3. The van der Waals surface area contributed by atoms with E-state index in [1.807, 2.05) is 67.6 Å². The summed E-state index contributed by atoms with van der Waals surface area (Å²) in [6, 6.07) is 28.4. The molecule has 0 bridgehead atoms. The smallest absolute Gasteiger partial charge is 0.226 e. The highest BCUT2D eigenvalue weighted by Gasteiger charge is 2.10. The van der Waals surface area contributed by atoms with Gasteiger partial charge in [0.1, 0.15) is 0 Å². The number of nitrogens with one attached hydrogen (secondary N) is 1. The van der Waals surface area contributed by atoms with E-state index in [1.54, 1.807) is 0 Å². The zero-order valence-electron chi connectivity index (χ0n) is 15.1. The van der Waals surface area contributed by atoms with Crippen molar-refractivity contribution in [2.45, 2.75) is 19.9 Å². The second kappa shape index (κ2) is 8.86. The molecule has 3 aromatic carbocycles. The van der Waals surface area contributed by atoms with Gasteiger partial charge >= 0.3 is 0 Å². The predicted octanol–water partition coefficient (Wildman–Crippen LogP) is 5.03. The van der Waals surface area contributed by atoms with Gasteiger partial charge in [-0.2, -0.15) is 0 Å². The lowest BCUT2D eigenvalue weighted by Crippen LogP contribution is -2.27. The first-order chi connectivity index (χ1) is 12.7. The molecule has 0 aliphatic rings. The van der Waals surface area contributed by atoms with Gasteiger partial charge in [-0.1, -0.05) is 66.2 Å². The van der Waals surface area contributed by atoms with E-state index < -0.39 is 0 Å². The van der Waals surface area contributed by atoms with Crippen LogP contribution >= 0.6 is 0 Å². The molecule has 3 rings (SSSR count). The van der Waals surface area contributed by atoms with Crippen molar-refractivity contribution in [1.82, 2.24) is 0 Å². The van der Waals surface area contributed by atoms with Gasteiger partial charge in [0.05, 0.1) is 0 Å². The summed E-state index contributed by atoms with van der Waals surface area (Å²) >= 11 is 0. The Morgan fingerprint density at radius 2 is 1.46 bits per heavy atom. The van der Waals surface area contributed by atoms with Gasteiger partial charge in [-0.15, -0.1) is 0 Å². The lowest BCUT2D eigenvalue weighted by Gasteiger charge is -2.25. The average molecular weight is 344 g/mol. The highest BCUT2D eigenvalue weighted by molar-refractivity contribution is 5.91. The molecule has 1 amide bonds. The van der Waals surface area contributed by atoms with Crippen molar-refractivity contribution >= 4 is 17.3 Å². The number of para-hydroxylation sites is 1. The first kappa shape index (κ1) is 17.7. The van der Waals surface area contributed by atoms with Crippen LogP contribution in [0.25, 0.3) is 0 Å². The quantitative estimate of drug-likeness (QED) is 0.652. The van der Waals surface area contributed by atoms with E-state index in [1.165, 1.54) is 11.1 Å². The second-order valence-electron chi connectivity index (χ2n) is 6.41. The maximum atomic E-state index is 12.3. The standard InChI is InChI=1S/C23H24N2O/c1-19-12-14-21(15-13-19)24-23(26)16-17-25(22-10-6-3-7-11-22)18-20-8-4-2-5-9-20/h2-15H,16-18H2,1H3,(H,24,26). The molecule has 3 aromatic rings. The van der Waals surface area contributed by atoms with E-state index >= 15 is 0 Å². The van der Waals surface area contributed by atoms with Gasteiger partial charge in [-0.25, -0.2) is 0 Å². The van der Waals surface area contributed by atoms with E-state index in [-0.39, 0.29) is 5.91 Å². The number of benzene rings is 3. The van der Waals surface area contributed by atoms with Crippen molar-refractivity contribution in [3.8, 4) is 0 Å². The molecule has 0 saturated carbocycles. The minimum atomic E-state index is 0.0304. The Morgan fingerprint density at radius 3 is 2.12 bits per heavy atom. The monoisotopic (exact) mass is 344 g/mol. The molecule has 1 N–H and O–H groups in total. The number of carbonyl (C=O) groups is 1. The summed E-state index contributed by atoms with van der Waals surface area (Å²) in [6.45, 7) is 3.48. The average Bonchev–Trinajstić information content (AvgIpc) is 2.68. The van der Waals surface area contributed by atoms with Crippen LogP contribution in [0.3, 0.4) is 0 Å². The Hall–Kier alpha value is -3.07. The van der Waals surface area contributed by atoms with Crippen molar-refractivity contribution in [3.63, 3.8) is 0 Å². The maximum absolute atomic E-state index is 12.3. The summed E-state index contributed by atoms with van der Waals surface area (Å²) in [5, 5.41) is 2.97. The molecule has 26 heavy (non-hydrogen) atoms. The fourth-order valence-corrected chi connectivity index (χ4v) is 2.84. The molecule has 0 fully saturated rings. The minimum absolute atomic E-state index is 0.0304. The fraction of sp³-hybridized carbons (Fsp3) is 0.174. The topological polar surface area (TPSA) is 32.3 Å². The summed E-state index contributed by atoms with van der Waals surface area (Å²) in [5.41, 5.74) is 4.38.